The van der Waals surface area contributed by atoms with Crippen molar-refractivity contribution in [1.29, 1.82) is 0 Å². The topological polar surface area (TPSA) is 32.7 Å². The lowest BCUT2D eigenvalue weighted by Crippen LogP contribution is -2.40. The Hall–Kier alpha value is -1.32. The molecule has 3 heteroatoms. The lowest BCUT2D eigenvalue weighted by Gasteiger charge is -2.50. The maximum Gasteiger partial charge on any atom is 0.115 e. The van der Waals surface area contributed by atoms with Crippen LogP contribution in [0, 0.1) is 17.3 Å². The molecule has 0 radical (unpaired) electrons. The first-order chi connectivity index (χ1) is 13.4. The predicted molar refractivity (Wildman–Crippen MR) is 115 cm³/mol. The molecule has 2 saturated carbocycles. The number of phenols is 1. The number of benzene rings is 1. The molecule has 2 fully saturated rings. The van der Waals surface area contributed by atoms with Crippen LogP contribution >= 0.6 is 0 Å². The normalized spacial score (nSPS) is 33.4. The number of hydrogen-bond donors (Lipinski definition) is 1. The number of nitrogens with zero attached hydrogens (tertiary/aromatic N) is 1. The second kappa shape index (κ2) is 7.84. The Bertz CT molecular complexity index is 753. The summed E-state index contributed by atoms with van der Waals surface area (Å²) in [7, 11) is 4.19. The minimum atomic E-state index is 0.366. The Balaban J connectivity index is 1.51. The summed E-state index contributed by atoms with van der Waals surface area (Å²) in [5, 5.41) is 9.87. The summed E-state index contributed by atoms with van der Waals surface area (Å²) in [6, 6.07) is 6.11. The van der Waals surface area contributed by atoms with E-state index in [1.54, 1.807) is 5.57 Å². The van der Waals surface area contributed by atoms with Crippen LogP contribution in [0.3, 0.4) is 0 Å². The molecule has 0 bridgehead atoms. The molecule has 0 saturated heterocycles. The largest absolute Gasteiger partial charge is 0.508 e. The van der Waals surface area contributed by atoms with Gasteiger partial charge < -0.3 is 14.7 Å². The summed E-state index contributed by atoms with van der Waals surface area (Å²) in [5.41, 5.74) is 6.48. The average Bonchev–Trinajstić information content (AvgIpc) is 3.01. The van der Waals surface area contributed by atoms with Crippen molar-refractivity contribution in [2.45, 2.75) is 58.3 Å². The lowest BCUT2D eigenvalue weighted by atomic mass is 9.55. The SMILES string of the molecule is C/C(COCCN(C)C)=C1\CCC2C3CCc4cc(O)ccc4C3CCC12C. The van der Waals surface area contributed by atoms with E-state index in [4.69, 9.17) is 4.74 Å². The maximum absolute atomic E-state index is 9.87. The van der Waals surface area contributed by atoms with Crippen molar-refractivity contribution < 1.29 is 9.84 Å². The first-order valence-electron chi connectivity index (χ1n) is 11.1. The fraction of sp³-hybridized carbons (Fsp3) is 0.680. The molecule has 0 amide bonds. The summed E-state index contributed by atoms with van der Waals surface area (Å²) < 4.78 is 5.98. The number of fused-ring (bicyclic) bond motifs is 5. The molecular weight excluding hydrogens is 346 g/mol. The van der Waals surface area contributed by atoms with E-state index in [0.29, 0.717) is 17.1 Å². The summed E-state index contributed by atoms with van der Waals surface area (Å²) in [4.78, 5) is 2.18. The number of allylic oxidation sites excluding steroid dienone is 1. The number of rotatable bonds is 5. The Labute approximate surface area is 170 Å². The molecule has 0 heterocycles. The number of hydrogen-bond acceptors (Lipinski definition) is 3. The molecular formula is C25H37NO2. The Morgan fingerprint density at radius 2 is 2.04 bits per heavy atom. The van der Waals surface area contributed by atoms with E-state index in [9.17, 15) is 5.11 Å². The zero-order chi connectivity index (χ0) is 19.9. The van der Waals surface area contributed by atoms with Crippen molar-refractivity contribution in [1.82, 2.24) is 4.90 Å². The van der Waals surface area contributed by atoms with E-state index >= 15 is 0 Å². The molecule has 3 aliphatic carbocycles. The van der Waals surface area contributed by atoms with Crippen LogP contribution in [0.5, 0.6) is 5.75 Å². The Morgan fingerprint density at radius 1 is 1.21 bits per heavy atom. The van der Waals surface area contributed by atoms with Crippen molar-refractivity contribution in [3.8, 4) is 5.75 Å². The monoisotopic (exact) mass is 383 g/mol. The van der Waals surface area contributed by atoms with E-state index in [-0.39, 0.29) is 0 Å². The van der Waals surface area contributed by atoms with Gasteiger partial charge in [-0.2, -0.15) is 0 Å². The van der Waals surface area contributed by atoms with Gasteiger partial charge in [0.05, 0.1) is 13.2 Å². The fourth-order valence-electron chi connectivity index (χ4n) is 6.64. The molecule has 1 aromatic rings. The van der Waals surface area contributed by atoms with E-state index in [1.807, 2.05) is 12.1 Å². The van der Waals surface area contributed by atoms with Crippen LogP contribution in [0.2, 0.25) is 0 Å². The molecule has 3 nitrogen and oxygen atoms in total. The van der Waals surface area contributed by atoms with Gasteiger partial charge in [0.2, 0.25) is 0 Å². The van der Waals surface area contributed by atoms with Gasteiger partial charge in [0.1, 0.15) is 5.75 Å². The second-order valence-electron chi connectivity index (χ2n) is 9.91. The maximum atomic E-state index is 9.87. The van der Waals surface area contributed by atoms with E-state index in [2.05, 4.69) is 38.9 Å². The molecule has 0 aromatic heterocycles. The zero-order valence-electron chi connectivity index (χ0n) is 18.1. The van der Waals surface area contributed by atoms with Crippen LogP contribution in [0.25, 0.3) is 0 Å². The molecule has 1 N–H and O–H groups in total. The summed E-state index contributed by atoms with van der Waals surface area (Å²) in [5.74, 6) is 2.72. The number of aryl methyl sites for hydroxylation is 1. The smallest absolute Gasteiger partial charge is 0.115 e. The molecule has 28 heavy (non-hydrogen) atoms. The van der Waals surface area contributed by atoms with Crippen LogP contribution < -0.4 is 0 Å². The van der Waals surface area contributed by atoms with Crippen LogP contribution in [-0.4, -0.2) is 43.9 Å². The Kier molecular flexibility index (Phi) is 5.59. The zero-order valence-corrected chi connectivity index (χ0v) is 18.1. The number of ether oxygens (including phenoxy) is 1. The number of aromatic hydroxyl groups is 1. The molecule has 3 aliphatic rings. The number of phenolic OH excluding ortho intramolecular Hbond substituents is 1. The molecule has 1 aromatic carbocycles. The highest BCUT2D eigenvalue weighted by molar-refractivity contribution is 5.41. The quantitative estimate of drug-likeness (QED) is 0.564. The van der Waals surface area contributed by atoms with Crippen LogP contribution in [0.4, 0.5) is 0 Å². The molecule has 4 rings (SSSR count). The van der Waals surface area contributed by atoms with Crippen molar-refractivity contribution in [3.05, 3.63) is 40.5 Å². The summed E-state index contributed by atoms with van der Waals surface area (Å²) in [6.45, 7) is 7.45. The van der Waals surface area contributed by atoms with E-state index in [0.717, 1.165) is 38.0 Å². The molecule has 4 unspecified atom stereocenters. The second-order valence-corrected chi connectivity index (χ2v) is 9.91. The Morgan fingerprint density at radius 3 is 2.82 bits per heavy atom. The third-order valence-corrected chi connectivity index (χ3v) is 8.01. The highest BCUT2D eigenvalue weighted by atomic mass is 16.5. The van der Waals surface area contributed by atoms with Gasteiger partial charge in [-0.1, -0.05) is 18.6 Å². The molecule has 0 spiro atoms. The van der Waals surface area contributed by atoms with Crippen molar-refractivity contribution in [3.63, 3.8) is 0 Å². The van der Waals surface area contributed by atoms with E-state index in [1.165, 1.54) is 48.8 Å². The minimum absolute atomic E-state index is 0.366. The third-order valence-electron chi connectivity index (χ3n) is 8.01. The predicted octanol–water partition coefficient (Wildman–Crippen LogP) is 5.14. The lowest BCUT2D eigenvalue weighted by molar-refractivity contribution is 0.0792. The van der Waals surface area contributed by atoms with Gasteiger partial charge >= 0.3 is 0 Å². The van der Waals surface area contributed by atoms with Gasteiger partial charge in [0.25, 0.3) is 0 Å². The van der Waals surface area contributed by atoms with Gasteiger partial charge in [-0.3, -0.25) is 0 Å². The van der Waals surface area contributed by atoms with Gasteiger partial charge in [-0.05, 0) is 112 Å². The summed E-state index contributed by atoms with van der Waals surface area (Å²) in [6.07, 6.45) is 7.60. The van der Waals surface area contributed by atoms with Crippen LogP contribution in [0.15, 0.2) is 29.3 Å². The highest BCUT2D eigenvalue weighted by Crippen LogP contribution is 2.63. The van der Waals surface area contributed by atoms with Crippen molar-refractivity contribution in [2.24, 2.45) is 17.3 Å². The highest BCUT2D eigenvalue weighted by Gasteiger charge is 2.52. The standard InChI is InChI=1S/C25H37NO2/c1-17(16-28-14-13-26(3)4)23-9-10-24-22-7-5-18-15-19(27)6-8-20(18)21(22)11-12-25(23,24)2/h6,8,15,21-22,24,27H,5,7,9-14,16H2,1-4H3/b23-17-. The van der Waals surface area contributed by atoms with Crippen LogP contribution in [-0.2, 0) is 11.2 Å². The van der Waals surface area contributed by atoms with Gasteiger partial charge in [0.15, 0.2) is 0 Å². The number of likely N-dealkylation sites (N-methyl/N-ethyl adjacent to an activating group) is 1. The third kappa shape index (κ3) is 3.52. The van der Waals surface area contributed by atoms with Crippen LogP contribution in [0.1, 0.15) is 63.0 Å². The average molecular weight is 384 g/mol. The van der Waals surface area contributed by atoms with Crippen molar-refractivity contribution >= 4 is 0 Å². The van der Waals surface area contributed by atoms with Crippen molar-refractivity contribution in [2.75, 3.05) is 33.9 Å². The first kappa shape index (κ1) is 20.0. The molecule has 0 aliphatic heterocycles. The summed E-state index contributed by atoms with van der Waals surface area (Å²) >= 11 is 0. The van der Waals surface area contributed by atoms with E-state index < -0.39 is 0 Å². The fourth-order valence-corrected chi connectivity index (χ4v) is 6.64. The van der Waals surface area contributed by atoms with Gasteiger partial charge in [0, 0.05) is 6.54 Å². The van der Waals surface area contributed by atoms with Gasteiger partial charge in [-0.25, -0.2) is 0 Å². The molecule has 154 valence electrons. The minimum Gasteiger partial charge on any atom is -0.508 e. The first-order valence-corrected chi connectivity index (χ1v) is 11.1. The van der Waals surface area contributed by atoms with Gasteiger partial charge in [-0.15, -0.1) is 0 Å². The molecule has 4 atom stereocenters.